The van der Waals surface area contributed by atoms with Gasteiger partial charge < -0.3 is 14.8 Å². The van der Waals surface area contributed by atoms with Crippen molar-refractivity contribution in [1.82, 2.24) is 15.5 Å². The fourth-order valence-electron chi connectivity index (χ4n) is 1.78. The van der Waals surface area contributed by atoms with Gasteiger partial charge in [-0.2, -0.15) is 5.10 Å². The van der Waals surface area contributed by atoms with Gasteiger partial charge in [-0.3, -0.25) is 5.10 Å². The van der Waals surface area contributed by atoms with Crippen LogP contribution in [0.25, 0.3) is 0 Å². The molecule has 0 unspecified atom stereocenters. The van der Waals surface area contributed by atoms with Crippen molar-refractivity contribution in [3.63, 3.8) is 0 Å². The highest BCUT2D eigenvalue weighted by Crippen LogP contribution is 2.37. The van der Waals surface area contributed by atoms with E-state index in [2.05, 4.69) is 15.5 Å². The van der Waals surface area contributed by atoms with Crippen LogP contribution in [0.15, 0.2) is 24.4 Å². The van der Waals surface area contributed by atoms with Crippen molar-refractivity contribution < 1.29 is 9.47 Å². The molecular formula is C13H16ClN3O2. The molecule has 2 aromatic rings. The molecule has 0 saturated heterocycles. The van der Waals surface area contributed by atoms with Gasteiger partial charge in [0.05, 0.1) is 19.2 Å². The zero-order valence-electron chi connectivity index (χ0n) is 10.9. The van der Waals surface area contributed by atoms with Gasteiger partial charge in [-0.05, 0) is 17.7 Å². The van der Waals surface area contributed by atoms with Crippen molar-refractivity contribution >= 4 is 11.6 Å². The summed E-state index contributed by atoms with van der Waals surface area (Å²) in [6.07, 6.45) is 1.72. The number of nitrogens with zero attached hydrogens (tertiary/aromatic N) is 1. The molecule has 5 nitrogen and oxygen atoms in total. The summed E-state index contributed by atoms with van der Waals surface area (Å²) in [5.41, 5.74) is 1.98. The van der Waals surface area contributed by atoms with Crippen LogP contribution in [0.4, 0.5) is 0 Å². The third kappa shape index (κ3) is 3.19. The van der Waals surface area contributed by atoms with Crippen molar-refractivity contribution in [3.05, 3.63) is 40.7 Å². The molecule has 0 aliphatic carbocycles. The van der Waals surface area contributed by atoms with Crippen LogP contribution >= 0.6 is 11.6 Å². The topological polar surface area (TPSA) is 59.2 Å². The van der Waals surface area contributed by atoms with Gasteiger partial charge in [0.2, 0.25) is 0 Å². The van der Waals surface area contributed by atoms with Crippen LogP contribution in [-0.4, -0.2) is 24.4 Å². The number of hydrogen-bond acceptors (Lipinski definition) is 4. The maximum absolute atomic E-state index is 6.29. The quantitative estimate of drug-likeness (QED) is 0.853. The van der Waals surface area contributed by atoms with Gasteiger partial charge in [-0.15, -0.1) is 0 Å². The zero-order valence-corrected chi connectivity index (χ0v) is 11.6. The molecule has 102 valence electrons. The molecule has 0 spiro atoms. The van der Waals surface area contributed by atoms with E-state index in [0.29, 0.717) is 29.6 Å². The zero-order chi connectivity index (χ0) is 13.7. The van der Waals surface area contributed by atoms with E-state index in [1.807, 2.05) is 18.2 Å². The molecule has 19 heavy (non-hydrogen) atoms. The lowest BCUT2D eigenvalue weighted by Gasteiger charge is -2.13. The summed E-state index contributed by atoms with van der Waals surface area (Å²) < 4.78 is 10.5. The molecule has 6 heteroatoms. The molecule has 1 aromatic carbocycles. The normalized spacial score (nSPS) is 10.5. The smallest absolute Gasteiger partial charge is 0.179 e. The lowest BCUT2D eigenvalue weighted by molar-refractivity contribution is 0.354. The van der Waals surface area contributed by atoms with Crippen LogP contribution in [0, 0.1) is 0 Å². The Kier molecular flexibility index (Phi) is 4.65. The average molecular weight is 282 g/mol. The molecule has 0 saturated carbocycles. The van der Waals surface area contributed by atoms with Crippen LogP contribution in [0.5, 0.6) is 11.5 Å². The Morgan fingerprint density at radius 3 is 2.68 bits per heavy atom. The summed E-state index contributed by atoms with van der Waals surface area (Å²) in [5.74, 6) is 1.19. The second-order valence-electron chi connectivity index (χ2n) is 3.96. The number of methoxy groups -OCH3 is 2. The van der Waals surface area contributed by atoms with Crippen LogP contribution in [0.1, 0.15) is 11.3 Å². The van der Waals surface area contributed by atoms with Gasteiger partial charge in [0.25, 0.3) is 0 Å². The predicted octanol–water partition coefficient (Wildman–Crippen LogP) is 2.37. The van der Waals surface area contributed by atoms with Crippen molar-refractivity contribution in [2.24, 2.45) is 0 Å². The minimum absolute atomic E-state index is 0.560. The highest BCUT2D eigenvalue weighted by Gasteiger charge is 2.12. The first kappa shape index (κ1) is 13.7. The summed E-state index contributed by atoms with van der Waals surface area (Å²) in [6, 6.07) is 5.69. The molecule has 1 aromatic heterocycles. The largest absolute Gasteiger partial charge is 0.493 e. The molecule has 0 bridgehead atoms. The Hall–Kier alpha value is -1.72. The molecule has 0 radical (unpaired) electrons. The Morgan fingerprint density at radius 2 is 2.05 bits per heavy atom. The van der Waals surface area contributed by atoms with Crippen LogP contribution < -0.4 is 14.8 Å². The minimum atomic E-state index is 0.560. The second-order valence-corrected chi connectivity index (χ2v) is 4.34. The highest BCUT2D eigenvalue weighted by atomic mass is 35.5. The average Bonchev–Trinajstić information content (AvgIpc) is 2.93. The van der Waals surface area contributed by atoms with E-state index < -0.39 is 0 Å². The molecule has 1 heterocycles. The Labute approximate surface area is 116 Å². The van der Waals surface area contributed by atoms with Gasteiger partial charge in [-0.25, -0.2) is 0 Å². The number of rotatable bonds is 6. The molecular weight excluding hydrogens is 266 g/mol. The standard InChI is InChI=1S/C13H16ClN3O2/c1-18-11-4-3-9(12(14)13(11)19-2)7-15-8-10-5-6-16-17-10/h3-6,15H,7-8H2,1-2H3,(H,16,17). The first-order valence-corrected chi connectivity index (χ1v) is 6.22. The second kappa shape index (κ2) is 6.45. The Balaban J connectivity index is 2.04. The molecule has 2 rings (SSSR count). The van der Waals surface area contributed by atoms with Crippen molar-refractivity contribution in [2.45, 2.75) is 13.1 Å². The summed E-state index contributed by atoms with van der Waals surface area (Å²) in [7, 11) is 3.16. The predicted molar refractivity (Wildman–Crippen MR) is 73.7 cm³/mol. The lowest BCUT2D eigenvalue weighted by atomic mass is 10.2. The monoisotopic (exact) mass is 281 g/mol. The number of nitrogens with one attached hydrogen (secondary N) is 2. The van der Waals surface area contributed by atoms with E-state index >= 15 is 0 Å². The van der Waals surface area contributed by atoms with Gasteiger partial charge in [0.1, 0.15) is 0 Å². The Morgan fingerprint density at radius 1 is 1.21 bits per heavy atom. The van der Waals surface area contributed by atoms with Crippen molar-refractivity contribution in [3.8, 4) is 11.5 Å². The number of benzene rings is 1. The number of ether oxygens (including phenoxy) is 2. The maximum Gasteiger partial charge on any atom is 0.179 e. The van der Waals surface area contributed by atoms with Gasteiger partial charge in [-0.1, -0.05) is 17.7 Å². The number of aromatic amines is 1. The fourth-order valence-corrected chi connectivity index (χ4v) is 2.08. The van der Waals surface area contributed by atoms with E-state index in [-0.39, 0.29) is 0 Å². The van der Waals surface area contributed by atoms with Crippen molar-refractivity contribution in [2.75, 3.05) is 14.2 Å². The van der Waals surface area contributed by atoms with Crippen LogP contribution in [-0.2, 0) is 13.1 Å². The summed E-state index contributed by atoms with van der Waals surface area (Å²) >= 11 is 6.29. The molecule has 0 aliphatic heterocycles. The summed E-state index contributed by atoms with van der Waals surface area (Å²) in [5, 5.41) is 10.6. The third-order valence-corrected chi connectivity index (χ3v) is 3.17. The summed E-state index contributed by atoms with van der Waals surface area (Å²) in [6.45, 7) is 1.34. The van der Waals surface area contributed by atoms with E-state index in [1.165, 1.54) is 0 Å². The number of halogens is 1. The third-order valence-electron chi connectivity index (χ3n) is 2.75. The van der Waals surface area contributed by atoms with E-state index in [9.17, 15) is 0 Å². The number of hydrogen-bond donors (Lipinski definition) is 2. The molecule has 2 N–H and O–H groups in total. The van der Waals surface area contributed by atoms with Gasteiger partial charge >= 0.3 is 0 Å². The molecule has 0 aliphatic rings. The van der Waals surface area contributed by atoms with Crippen molar-refractivity contribution in [1.29, 1.82) is 0 Å². The van der Waals surface area contributed by atoms with E-state index in [4.69, 9.17) is 21.1 Å². The van der Waals surface area contributed by atoms with Gasteiger partial charge in [0.15, 0.2) is 11.5 Å². The van der Waals surface area contributed by atoms with E-state index in [1.54, 1.807) is 20.4 Å². The first-order chi connectivity index (χ1) is 9.26. The summed E-state index contributed by atoms with van der Waals surface area (Å²) in [4.78, 5) is 0. The number of aromatic nitrogens is 2. The minimum Gasteiger partial charge on any atom is -0.493 e. The fraction of sp³-hybridized carbons (Fsp3) is 0.308. The first-order valence-electron chi connectivity index (χ1n) is 5.84. The maximum atomic E-state index is 6.29. The van der Waals surface area contributed by atoms with Gasteiger partial charge in [0, 0.05) is 25.0 Å². The molecule has 0 fully saturated rings. The van der Waals surface area contributed by atoms with E-state index in [0.717, 1.165) is 11.3 Å². The number of H-pyrrole nitrogens is 1. The highest BCUT2D eigenvalue weighted by molar-refractivity contribution is 6.33. The molecule has 0 amide bonds. The van der Waals surface area contributed by atoms with Crippen LogP contribution in [0.3, 0.4) is 0 Å². The molecule has 0 atom stereocenters. The van der Waals surface area contributed by atoms with Crippen LogP contribution in [0.2, 0.25) is 5.02 Å². The SMILES string of the molecule is COc1ccc(CNCc2ccn[nH]2)c(Cl)c1OC. The Bertz CT molecular complexity index is 529. The lowest BCUT2D eigenvalue weighted by Crippen LogP contribution is -2.13.